The van der Waals surface area contributed by atoms with E-state index in [1.54, 1.807) is 11.8 Å². The highest BCUT2D eigenvalue weighted by atomic mass is 19.0. The molecule has 0 amide bonds. The summed E-state index contributed by atoms with van der Waals surface area (Å²) in [6.45, 7) is 2.16. The summed E-state index contributed by atoms with van der Waals surface area (Å²) < 4.78 is 7.14. The van der Waals surface area contributed by atoms with Gasteiger partial charge in [-0.15, -0.1) is 0 Å². The van der Waals surface area contributed by atoms with Crippen LogP contribution in [-0.2, 0) is 11.8 Å². The smallest absolute Gasteiger partial charge is 0.0851 e. The van der Waals surface area contributed by atoms with E-state index in [-0.39, 0.29) is 10.8 Å². The summed E-state index contributed by atoms with van der Waals surface area (Å²) in [7, 11) is 3.66. The zero-order valence-electron chi connectivity index (χ0n) is 8.36. The summed E-state index contributed by atoms with van der Waals surface area (Å²) in [5.74, 6) is 0. The van der Waals surface area contributed by atoms with Crippen LogP contribution >= 0.6 is 0 Å². The Hall–Kier alpha value is -0.900. The Morgan fingerprint density at radius 1 is 1.62 bits per heavy atom. The average molecular weight is 188 g/mol. The molecule has 76 valence electrons. The average Bonchev–Trinajstić information content (AvgIpc) is 2.47. The molecule has 0 N–H and O–H groups in total. The first kappa shape index (κ1) is 12.1. The quantitative estimate of drug-likeness (QED) is 0.723. The molecule has 1 atom stereocenters. The van der Waals surface area contributed by atoms with Crippen LogP contribution in [0, 0.1) is 0 Å². The minimum Gasteiger partial charge on any atom is -0.377 e. The molecule has 0 aliphatic carbocycles. The maximum atomic E-state index is 5.34. The van der Waals surface area contributed by atoms with Crippen LogP contribution in [0.5, 0.6) is 0 Å². The lowest BCUT2D eigenvalue weighted by Crippen LogP contribution is -1.99. The molecule has 0 radical (unpaired) electrons. The molecular formula is C9H17FN2O. The van der Waals surface area contributed by atoms with Crippen molar-refractivity contribution in [3.63, 3.8) is 0 Å². The van der Waals surface area contributed by atoms with Crippen LogP contribution in [0.3, 0.4) is 0 Å². The van der Waals surface area contributed by atoms with Crippen molar-refractivity contribution < 1.29 is 9.44 Å². The van der Waals surface area contributed by atoms with Gasteiger partial charge in [0.05, 0.1) is 12.3 Å². The molecular weight excluding hydrogens is 171 g/mol. The van der Waals surface area contributed by atoms with E-state index in [9.17, 15) is 0 Å². The summed E-state index contributed by atoms with van der Waals surface area (Å²) in [5.41, 5.74) is 1.17. The van der Waals surface area contributed by atoms with E-state index >= 15 is 0 Å². The number of ether oxygens (including phenoxy) is 1. The van der Waals surface area contributed by atoms with Gasteiger partial charge in [0.15, 0.2) is 0 Å². The second kappa shape index (κ2) is 5.70. The van der Waals surface area contributed by atoms with E-state index in [0.29, 0.717) is 0 Å². The molecule has 1 heterocycles. The zero-order chi connectivity index (χ0) is 8.97. The van der Waals surface area contributed by atoms with Crippen LogP contribution in [-0.4, -0.2) is 16.9 Å². The second-order valence-corrected chi connectivity index (χ2v) is 2.96. The molecule has 0 bridgehead atoms. The van der Waals surface area contributed by atoms with Crippen LogP contribution in [0.15, 0.2) is 12.4 Å². The number of halogens is 1. The van der Waals surface area contributed by atoms with Crippen LogP contribution in [0.2, 0.25) is 0 Å². The summed E-state index contributed by atoms with van der Waals surface area (Å²) in [6.07, 6.45) is 6.27. The number of hydrogen-bond acceptors (Lipinski definition) is 2. The minimum atomic E-state index is 0. The Balaban J connectivity index is 0.00000144. The highest BCUT2D eigenvalue weighted by Crippen LogP contribution is 2.20. The second-order valence-electron chi connectivity index (χ2n) is 2.96. The van der Waals surface area contributed by atoms with Crippen molar-refractivity contribution in [3.05, 3.63) is 18.0 Å². The van der Waals surface area contributed by atoms with E-state index in [2.05, 4.69) is 12.0 Å². The molecule has 0 saturated carbocycles. The lowest BCUT2D eigenvalue weighted by molar-refractivity contribution is 0.0949. The maximum absolute atomic E-state index is 5.34. The number of aryl methyl sites for hydroxylation is 1. The van der Waals surface area contributed by atoms with Gasteiger partial charge in [0, 0.05) is 25.9 Å². The molecule has 0 aliphatic rings. The summed E-state index contributed by atoms with van der Waals surface area (Å²) in [4.78, 5) is 0. The topological polar surface area (TPSA) is 27.1 Å². The van der Waals surface area contributed by atoms with Crippen molar-refractivity contribution in [2.75, 3.05) is 7.11 Å². The summed E-state index contributed by atoms with van der Waals surface area (Å²) in [6, 6.07) is 0. The summed E-state index contributed by atoms with van der Waals surface area (Å²) in [5, 5.41) is 4.10. The van der Waals surface area contributed by atoms with Crippen LogP contribution in [0.25, 0.3) is 0 Å². The fraction of sp³-hybridized carbons (Fsp3) is 0.667. The third-order valence-corrected chi connectivity index (χ3v) is 1.93. The number of methoxy groups -OCH3 is 1. The van der Waals surface area contributed by atoms with Crippen molar-refractivity contribution >= 4 is 0 Å². The van der Waals surface area contributed by atoms with Crippen LogP contribution in [0.1, 0.15) is 31.4 Å². The highest BCUT2D eigenvalue weighted by Gasteiger charge is 2.10. The number of hydrogen-bond donors (Lipinski definition) is 0. The van der Waals surface area contributed by atoms with E-state index in [1.807, 2.05) is 19.4 Å². The highest BCUT2D eigenvalue weighted by molar-refractivity contribution is 5.07. The molecule has 1 aromatic rings. The van der Waals surface area contributed by atoms with Gasteiger partial charge in [-0.25, -0.2) is 0 Å². The number of aromatic nitrogens is 2. The van der Waals surface area contributed by atoms with Crippen molar-refractivity contribution in [3.8, 4) is 0 Å². The molecule has 1 unspecified atom stereocenters. The molecule has 0 saturated heterocycles. The Bertz CT molecular complexity index is 237. The first-order valence-corrected chi connectivity index (χ1v) is 4.29. The zero-order valence-corrected chi connectivity index (χ0v) is 8.36. The predicted molar refractivity (Wildman–Crippen MR) is 50.4 cm³/mol. The fourth-order valence-corrected chi connectivity index (χ4v) is 1.29. The van der Waals surface area contributed by atoms with Gasteiger partial charge in [0.25, 0.3) is 0 Å². The molecule has 0 fully saturated rings. The van der Waals surface area contributed by atoms with E-state index in [0.717, 1.165) is 12.8 Å². The Kier molecular flexibility index (Phi) is 5.30. The Labute approximate surface area is 78.1 Å². The van der Waals surface area contributed by atoms with Crippen molar-refractivity contribution in [2.24, 2.45) is 7.05 Å². The molecule has 3 nitrogen and oxygen atoms in total. The number of nitrogens with zero attached hydrogens (tertiary/aromatic N) is 2. The lowest BCUT2D eigenvalue weighted by Gasteiger charge is -2.11. The number of rotatable bonds is 4. The van der Waals surface area contributed by atoms with E-state index in [1.165, 1.54) is 5.56 Å². The van der Waals surface area contributed by atoms with Gasteiger partial charge in [-0.05, 0) is 6.42 Å². The SMILES string of the molecule is CCCC(OC)c1cnn(C)c1.F. The van der Waals surface area contributed by atoms with Gasteiger partial charge < -0.3 is 4.74 Å². The van der Waals surface area contributed by atoms with E-state index in [4.69, 9.17) is 4.74 Å². The van der Waals surface area contributed by atoms with Gasteiger partial charge in [-0.3, -0.25) is 9.39 Å². The molecule has 1 rings (SSSR count). The molecule has 0 aliphatic heterocycles. The molecule has 0 aromatic carbocycles. The molecule has 0 spiro atoms. The fourth-order valence-electron chi connectivity index (χ4n) is 1.29. The third-order valence-electron chi connectivity index (χ3n) is 1.93. The first-order chi connectivity index (χ1) is 5.77. The predicted octanol–water partition coefficient (Wildman–Crippen LogP) is 2.06. The van der Waals surface area contributed by atoms with Crippen molar-refractivity contribution in [1.29, 1.82) is 0 Å². The Morgan fingerprint density at radius 2 is 2.31 bits per heavy atom. The standard InChI is InChI=1S/C9H16N2O.FH/c1-4-5-9(12-3)8-6-10-11(2)7-8;/h6-7,9H,4-5H2,1-3H3;1H. The van der Waals surface area contributed by atoms with Gasteiger partial charge in [0.1, 0.15) is 0 Å². The van der Waals surface area contributed by atoms with Crippen LogP contribution < -0.4 is 0 Å². The summed E-state index contributed by atoms with van der Waals surface area (Å²) >= 11 is 0. The van der Waals surface area contributed by atoms with Crippen molar-refractivity contribution in [1.82, 2.24) is 9.78 Å². The molecule has 4 heteroatoms. The van der Waals surface area contributed by atoms with Crippen LogP contribution in [0.4, 0.5) is 4.70 Å². The van der Waals surface area contributed by atoms with Crippen molar-refractivity contribution in [2.45, 2.75) is 25.9 Å². The van der Waals surface area contributed by atoms with Gasteiger partial charge in [-0.2, -0.15) is 5.10 Å². The largest absolute Gasteiger partial charge is 0.377 e. The van der Waals surface area contributed by atoms with E-state index < -0.39 is 0 Å². The Morgan fingerprint density at radius 3 is 2.69 bits per heavy atom. The molecule has 1 aromatic heterocycles. The maximum Gasteiger partial charge on any atom is 0.0851 e. The molecule has 13 heavy (non-hydrogen) atoms. The first-order valence-electron chi connectivity index (χ1n) is 4.29. The van der Waals surface area contributed by atoms with Gasteiger partial charge in [0.2, 0.25) is 0 Å². The lowest BCUT2D eigenvalue weighted by atomic mass is 10.1. The normalized spacial score (nSPS) is 12.2. The third kappa shape index (κ3) is 3.14. The minimum absolute atomic E-state index is 0. The van der Waals surface area contributed by atoms with Gasteiger partial charge in [-0.1, -0.05) is 13.3 Å². The monoisotopic (exact) mass is 188 g/mol. The van der Waals surface area contributed by atoms with Gasteiger partial charge >= 0.3 is 0 Å².